The minimum atomic E-state index is -0.562. The van der Waals surface area contributed by atoms with Gasteiger partial charge >= 0.3 is 0 Å². The van der Waals surface area contributed by atoms with Gasteiger partial charge in [0, 0.05) is 24.9 Å². The van der Waals surface area contributed by atoms with Gasteiger partial charge in [-0.25, -0.2) is 4.98 Å². The highest BCUT2D eigenvalue weighted by atomic mass is 19.1. The molecule has 0 aliphatic rings. The fraction of sp³-hybridized carbons (Fsp3) is 0.357. The van der Waals surface area contributed by atoms with E-state index in [1.165, 1.54) is 0 Å². The summed E-state index contributed by atoms with van der Waals surface area (Å²) < 4.78 is 18.9. The second-order valence-corrected chi connectivity index (χ2v) is 4.19. The number of anilines is 1. The Balaban J connectivity index is 1.91. The van der Waals surface area contributed by atoms with Crippen LogP contribution in [-0.2, 0) is 6.42 Å². The molecular formula is C14H17FN4O. The molecule has 0 bridgehead atoms. The van der Waals surface area contributed by atoms with Gasteiger partial charge in [-0.15, -0.1) is 0 Å². The van der Waals surface area contributed by atoms with E-state index in [0.717, 1.165) is 24.9 Å². The Morgan fingerprint density at radius 1 is 1.30 bits per heavy atom. The fourth-order valence-electron chi connectivity index (χ4n) is 1.57. The van der Waals surface area contributed by atoms with Crippen molar-refractivity contribution >= 4 is 5.95 Å². The second kappa shape index (κ2) is 7.37. The third-order valence-electron chi connectivity index (χ3n) is 2.57. The zero-order chi connectivity index (χ0) is 14.2. The van der Waals surface area contributed by atoms with E-state index in [0.29, 0.717) is 19.0 Å². The fourth-order valence-corrected chi connectivity index (χ4v) is 1.57. The van der Waals surface area contributed by atoms with Crippen LogP contribution >= 0.6 is 0 Å². The molecule has 0 aliphatic carbocycles. The molecule has 0 spiro atoms. The molecule has 0 fully saturated rings. The number of nitrogens with zero attached hydrogens (tertiary/aromatic N) is 3. The number of rotatable bonds is 7. The van der Waals surface area contributed by atoms with Crippen molar-refractivity contribution in [3.05, 3.63) is 42.1 Å². The van der Waals surface area contributed by atoms with Crippen molar-refractivity contribution in [2.75, 3.05) is 18.5 Å². The van der Waals surface area contributed by atoms with Gasteiger partial charge in [0.1, 0.15) is 0 Å². The predicted octanol–water partition coefficient (Wildman–Crippen LogP) is 2.45. The SMILES string of the molecule is CCCNc1ncc(F)c(OCCc2ccccn2)n1. The molecule has 0 aliphatic heterocycles. The largest absolute Gasteiger partial charge is 0.475 e. The van der Waals surface area contributed by atoms with Crippen LogP contribution in [0.25, 0.3) is 0 Å². The highest BCUT2D eigenvalue weighted by molar-refractivity contribution is 5.28. The van der Waals surface area contributed by atoms with Crippen molar-refractivity contribution in [2.24, 2.45) is 0 Å². The van der Waals surface area contributed by atoms with Crippen LogP contribution in [0.2, 0.25) is 0 Å². The minimum Gasteiger partial charge on any atom is -0.475 e. The summed E-state index contributed by atoms with van der Waals surface area (Å²) in [5.41, 5.74) is 0.895. The lowest BCUT2D eigenvalue weighted by molar-refractivity contribution is 0.290. The zero-order valence-corrected chi connectivity index (χ0v) is 11.3. The molecule has 1 N–H and O–H groups in total. The Morgan fingerprint density at radius 3 is 2.95 bits per heavy atom. The lowest BCUT2D eigenvalue weighted by Gasteiger charge is -2.08. The van der Waals surface area contributed by atoms with Gasteiger partial charge in [0.15, 0.2) is 0 Å². The Bertz CT molecular complexity index is 536. The predicted molar refractivity (Wildman–Crippen MR) is 74.2 cm³/mol. The number of aromatic nitrogens is 3. The number of hydrogen-bond donors (Lipinski definition) is 1. The summed E-state index contributed by atoms with van der Waals surface area (Å²) in [7, 11) is 0. The lowest BCUT2D eigenvalue weighted by atomic mass is 10.3. The van der Waals surface area contributed by atoms with Gasteiger partial charge in [-0.2, -0.15) is 9.37 Å². The molecule has 2 heterocycles. The van der Waals surface area contributed by atoms with E-state index < -0.39 is 5.82 Å². The number of halogens is 1. The molecule has 2 rings (SSSR count). The quantitative estimate of drug-likeness (QED) is 0.841. The number of hydrogen-bond acceptors (Lipinski definition) is 5. The summed E-state index contributed by atoms with van der Waals surface area (Å²) in [5.74, 6) is -0.219. The van der Waals surface area contributed by atoms with E-state index in [9.17, 15) is 4.39 Å². The molecule has 0 unspecified atom stereocenters. The molecule has 2 aromatic rings. The van der Waals surface area contributed by atoms with Gasteiger partial charge in [0.2, 0.25) is 11.8 Å². The average Bonchev–Trinajstić information content (AvgIpc) is 2.49. The summed E-state index contributed by atoms with van der Waals surface area (Å²) in [6.07, 6.45) is 4.37. The second-order valence-electron chi connectivity index (χ2n) is 4.19. The highest BCUT2D eigenvalue weighted by Gasteiger charge is 2.08. The van der Waals surface area contributed by atoms with Crippen LogP contribution in [0.3, 0.4) is 0 Å². The summed E-state index contributed by atoms with van der Waals surface area (Å²) >= 11 is 0. The molecular weight excluding hydrogens is 259 g/mol. The Labute approximate surface area is 117 Å². The first-order valence-corrected chi connectivity index (χ1v) is 6.58. The molecule has 0 atom stereocenters. The zero-order valence-electron chi connectivity index (χ0n) is 11.3. The molecule has 5 nitrogen and oxygen atoms in total. The Hall–Kier alpha value is -2.24. The first-order valence-electron chi connectivity index (χ1n) is 6.58. The Kier molecular flexibility index (Phi) is 5.23. The van der Waals surface area contributed by atoms with Gasteiger partial charge in [-0.3, -0.25) is 4.98 Å². The molecule has 6 heteroatoms. The summed E-state index contributed by atoms with van der Waals surface area (Å²) in [4.78, 5) is 12.0. The van der Waals surface area contributed by atoms with E-state index in [2.05, 4.69) is 20.3 Å². The number of pyridine rings is 1. The van der Waals surface area contributed by atoms with Crippen LogP contribution < -0.4 is 10.1 Å². The summed E-state index contributed by atoms with van der Waals surface area (Å²) in [6.45, 7) is 3.08. The van der Waals surface area contributed by atoms with E-state index in [-0.39, 0.29) is 5.88 Å². The molecule has 106 valence electrons. The van der Waals surface area contributed by atoms with Crippen molar-refractivity contribution in [3.63, 3.8) is 0 Å². The molecule has 20 heavy (non-hydrogen) atoms. The normalized spacial score (nSPS) is 10.3. The summed E-state index contributed by atoms with van der Waals surface area (Å²) in [6, 6.07) is 5.65. The smallest absolute Gasteiger partial charge is 0.255 e. The van der Waals surface area contributed by atoms with Crippen molar-refractivity contribution in [2.45, 2.75) is 19.8 Å². The maximum Gasteiger partial charge on any atom is 0.255 e. The highest BCUT2D eigenvalue weighted by Crippen LogP contribution is 2.14. The van der Waals surface area contributed by atoms with Crippen molar-refractivity contribution in [1.29, 1.82) is 0 Å². The van der Waals surface area contributed by atoms with E-state index in [4.69, 9.17) is 4.74 Å². The minimum absolute atomic E-state index is 0.0328. The van der Waals surface area contributed by atoms with E-state index in [1.807, 2.05) is 25.1 Å². The third kappa shape index (κ3) is 4.15. The van der Waals surface area contributed by atoms with Crippen LogP contribution in [0.15, 0.2) is 30.6 Å². The maximum absolute atomic E-state index is 13.5. The monoisotopic (exact) mass is 276 g/mol. The van der Waals surface area contributed by atoms with Crippen LogP contribution in [0.5, 0.6) is 5.88 Å². The first-order chi connectivity index (χ1) is 9.79. The van der Waals surface area contributed by atoms with Crippen LogP contribution in [-0.4, -0.2) is 28.1 Å². The van der Waals surface area contributed by atoms with Crippen LogP contribution in [0.1, 0.15) is 19.0 Å². The maximum atomic E-state index is 13.5. The van der Waals surface area contributed by atoms with Gasteiger partial charge in [-0.1, -0.05) is 13.0 Å². The first kappa shape index (κ1) is 14.2. The summed E-state index contributed by atoms with van der Waals surface area (Å²) in [5, 5.41) is 2.99. The van der Waals surface area contributed by atoms with Crippen molar-refractivity contribution < 1.29 is 9.13 Å². The molecule has 2 aromatic heterocycles. The van der Waals surface area contributed by atoms with E-state index >= 15 is 0 Å². The molecule has 0 aromatic carbocycles. The molecule has 0 saturated carbocycles. The van der Waals surface area contributed by atoms with Crippen LogP contribution in [0, 0.1) is 5.82 Å². The average molecular weight is 276 g/mol. The third-order valence-corrected chi connectivity index (χ3v) is 2.57. The van der Waals surface area contributed by atoms with Gasteiger partial charge < -0.3 is 10.1 Å². The topological polar surface area (TPSA) is 59.9 Å². The van der Waals surface area contributed by atoms with Gasteiger partial charge in [-0.05, 0) is 18.6 Å². The van der Waals surface area contributed by atoms with Crippen LogP contribution in [0.4, 0.5) is 10.3 Å². The lowest BCUT2D eigenvalue weighted by Crippen LogP contribution is -2.09. The Morgan fingerprint density at radius 2 is 2.20 bits per heavy atom. The molecule has 0 radical (unpaired) electrons. The molecule has 0 saturated heterocycles. The standard InChI is InChI=1S/C14H17FN4O/c1-2-7-17-14-18-10-12(15)13(19-14)20-9-6-11-5-3-4-8-16-11/h3-5,8,10H,2,6-7,9H2,1H3,(H,17,18,19). The van der Waals surface area contributed by atoms with Gasteiger partial charge in [0.25, 0.3) is 5.88 Å². The van der Waals surface area contributed by atoms with E-state index in [1.54, 1.807) is 6.20 Å². The number of nitrogens with one attached hydrogen (secondary N) is 1. The van der Waals surface area contributed by atoms with Crippen molar-refractivity contribution in [3.8, 4) is 5.88 Å². The number of ether oxygens (including phenoxy) is 1. The van der Waals surface area contributed by atoms with Crippen molar-refractivity contribution in [1.82, 2.24) is 15.0 Å². The van der Waals surface area contributed by atoms with Gasteiger partial charge in [0.05, 0.1) is 12.8 Å². The molecule has 0 amide bonds.